The molecule has 0 unspecified atom stereocenters. The maximum Gasteiger partial charge on any atom is 0.256 e. The van der Waals surface area contributed by atoms with Gasteiger partial charge in [0.15, 0.2) is 29.0 Å². The van der Waals surface area contributed by atoms with Gasteiger partial charge < -0.3 is 25.0 Å². The quantitative estimate of drug-likeness (QED) is 0.332. The van der Waals surface area contributed by atoms with Gasteiger partial charge in [0.1, 0.15) is 0 Å². The van der Waals surface area contributed by atoms with Crippen LogP contribution in [0.5, 0.6) is 11.5 Å². The zero-order valence-electron chi connectivity index (χ0n) is 21.6. The van der Waals surface area contributed by atoms with Crippen LogP contribution in [0.3, 0.4) is 0 Å². The Kier molecular flexibility index (Phi) is 6.90. The minimum atomic E-state index is -0.841. The van der Waals surface area contributed by atoms with Crippen LogP contribution in [0, 0.1) is 11.6 Å². The number of methoxy groups -OCH3 is 2. The van der Waals surface area contributed by atoms with E-state index in [1.807, 2.05) is 12.1 Å². The molecule has 38 heavy (non-hydrogen) atoms. The number of H-pyrrole nitrogens is 1. The summed E-state index contributed by atoms with van der Waals surface area (Å²) in [6, 6.07) is 14.1. The van der Waals surface area contributed by atoms with Crippen LogP contribution in [0.1, 0.15) is 24.2 Å². The lowest BCUT2D eigenvalue weighted by Gasteiger charge is -2.37. The van der Waals surface area contributed by atoms with Crippen molar-refractivity contribution in [2.24, 2.45) is 0 Å². The van der Waals surface area contributed by atoms with Crippen LogP contribution in [-0.2, 0) is 0 Å². The Labute approximate surface area is 218 Å². The summed E-state index contributed by atoms with van der Waals surface area (Å²) in [4.78, 5) is 15.3. The molecule has 1 aromatic heterocycles. The number of carbonyl (C=O) groups excluding carboxylic acids is 1. The van der Waals surface area contributed by atoms with Gasteiger partial charge >= 0.3 is 0 Å². The Morgan fingerprint density at radius 2 is 1.61 bits per heavy atom. The third kappa shape index (κ3) is 4.74. The van der Waals surface area contributed by atoms with E-state index in [-0.39, 0.29) is 28.5 Å². The Morgan fingerprint density at radius 3 is 2.21 bits per heavy atom. The number of rotatable bonds is 6. The zero-order valence-corrected chi connectivity index (χ0v) is 21.6. The first kappa shape index (κ1) is 25.5. The van der Waals surface area contributed by atoms with Crippen LogP contribution in [0.15, 0.2) is 48.5 Å². The number of fused-ring (bicyclic) bond motifs is 1. The number of hydrogen-bond acceptors (Lipinski definition) is 6. The molecular weight excluding hydrogens is 492 g/mol. The van der Waals surface area contributed by atoms with Crippen LogP contribution >= 0.6 is 0 Å². The molecule has 1 aliphatic rings. The smallest absolute Gasteiger partial charge is 0.256 e. The first-order valence-corrected chi connectivity index (χ1v) is 12.3. The number of ether oxygens (including phenoxy) is 2. The fourth-order valence-corrected chi connectivity index (χ4v) is 4.95. The molecule has 0 radical (unpaired) electrons. The highest BCUT2D eigenvalue weighted by Gasteiger charge is 2.23. The molecule has 0 aliphatic carbocycles. The van der Waals surface area contributed by atoms with Crippen LogP contribution in [-0.4, -0.2) is 55.5 Å². The number of amides is 1. The van der Waals surface area contributed by atoms with Crippen molar-refractivity contribution in [2.45, 2.75) is 25.9 Å². The number of anilines is 2. The summed E-state index contributed by atoms with van der Waals surface area (Å²) in [5, 5.41) is 14.0. The maximum atomic E-state index is 15.0. The maximum absolute atomic E-state index is 15.0. The minimum absolute atomic E-state index is 0.136. The molecule has 3 aromatic carbocycles. The van der Waals surface area contributed by atoms with Crippen molar-refractivity contribution in [1.29, 1.82) is 0 Å². The molecule has 4 aromatic rings. The standard InChI is InChI=1S/C28H29F2N5O3/c1-15-13-35(14-16(2)31-15)19-8-5-17(6-9-19)28(36)32-27-20-10-7-18(11-21(20)33-34-27)24-25(29)22(37-3)12-23(38-4)26(24)30/h5-12,15-16,31H,13-14H2,1-4H3,(H2,32,33,34,36)/t15-,16+. The van der Waals surface area contributed by atoms with Crippen LogP contribution in [0.2, 0.25) is 0 Å². The molecule has 0 spiro atoms. The molecule has 0 bridgehead atoms. The van der Waals surface area contributed by atoms with E-state index in [4.69, 9.17) is 9.47 Å². The number of nitrogens with one attached hydrogen (secondary N) is 3. The first-order chi connectivity index (χ1) is 18.3. The second kappa shape index (κ2) is 10.3. The van der Waals surface area contributed by atoms with Crippen molar-refractivity contribution in [3.8, 4) is 22.6 Å². The van der Waals surface area contributed by atoms with Gasteiger partial charge in [0.2, 0.25) is 0 Å². The van der Waals surface area contributed by atoms with E-state index in [0.29, 0.717) is 34.4 Å². The molecule has 198 valence electrons. The largest absolute Gasteiger partial charge is 0.494 e. The molecule has 1 saturated heterocycles. The molecule has 8 nitrogen and oxygen atoms in total. The number of aromatic nitrogens is 2. The molecule has 5 rings (SSSR count). The monoisotopic (exact) mass is 521 g/mol. The van der Waals surface area contributed by atoms with Crippen LogP contribution in [0.4, 0.5) is 20.3 Å². The minimum Gasteiger partial charge on any atom is -0.494 e. The van der Waals surface area contributed by atoms with Crippen molar-refractivity contribution in [3.63, 3.8) is 0 Å². The highest BCUT2D eigenvalue weighted by Crippen LogP contribution is 2.38. The van der Waals surface area contributed by atoms with Gasteiger partial charge in [0.05, 0.1) is 25.3 Å². The van der Waals surface area contributed by atoms with Gasteiger partial charge in [0, 0.05) is 47.9 Å². The predicted molar refractivity (Wildman–Crippen MR) is 143 cm³/mol. The van der Waals surface area contributed by atoms with Crippen molar-refractivity contribution in [3.05, 3.63) is 65.7 Å². The Balaban J connectivity index is 1.37. The molecule has 1 fully saturated rings. The second-order valence-electron chi connectivity index (χ2n) is 9.49. The predicted octanol–water partition coefficient (Wildman–Crippen LogP) is 4.96. The highest BCUT2D eigenvalue weighted by atomic mass is 19.1. The summed E-state index contributed by atoms with van der Waals surface area (Å²) in [6.45, 7) is 6.10. The van der Waals surface area contributed by atoms with E-state index >= 15 is 0 Å². The average molecular weight is 522 g/mol. The molecular formula is C28H29F2N5O3. The van der Waals surface area contributed by atoms with Gasteiger partial charge in [-0.1, -0.05) is 6.07 Å². The lowest BCUT2D eigenvalue weighted by molar-refractivity contribution is 0.102. The third-order valence-corrected chi connectivity index (χ3v) is 6.71. The zero-order chi connectivity index (χ0) is 27.0. The fourth-order valence-electron chi connectivity index (χ4n) is 4.95. The molecule has 2 heterocycles. The van der Waals surface area contributed by atoms with Crippen molar-refractivity contribution in [2.75, 3.05) is 37.5 Å². The van der Waals surface area contributed by atoms with E-state index in [1.54, 1.807) is 30.3 Å². The van der Waals surface area contributed by atoms with Gasteiger partial charge in [-0.05, 0) is 55.8 Å². The van der Waals surface area contributed by atoms with Crippen molar-refractivity contribution >= 4 is 28.3 Å². The number of halogens is 2. The number of nitrogens with zero attached hydrogens (tertiary/aromatic N) is 2. The third-order valence-electron chi connectivity index (χ3n) is 6.71. The lowest BCUT2D eigenvalue weighted by atomic mass is 10.0. The molecule has 10 heteroatoms. The molecule has 1 amide bonds. The summed E-state index contributed by atoms with van der Waals surface area (Å²) < 4.78 is 40.0. The Bertz CT molecular complexity index is 1450. The molecule has 1 aliphatic heterocycles. The molecule has 2 atom stereocenters. The summed E-state index contributed by atoms with van der Waals surface area (Å²) in [5.74, 6) is -1.95. The van der Waals surface area contributed by atoms with E-state index in [9.17, 15) is 13.6 Å². The van der Waals surface area contributed by atoms with Crippen LogP contribution in [0.25, 0.3) is 22.0 Å². The summed E-state index contributed by atoms with van der Waals surface area (Å²) in [6.07, 6.45) is 0. The lowest BCUT2D eigenvalue weighted by Crippen LogP contribution is -2.54. The number of carbonyl (C=O) groups is 1. The van der Waals surface area contributed by atoms with E-state index < -0.39 is 11.6 Å². The number of aromatic amines is 1. The van der Waals surface area contributed by atoms with E-state index in [2.05, 4.69) is 39.6 Å². The fraction of sp³-hybridized carbons (Fsp3) is 0.286. The van der Waals surface area contributed by atoms with E-state index in [1.165, 1.54) is 14.2 Å². The molecule has 0 saturated carbocycles. The van der Waals surface area contributed by atoms with Gasteiger partial charge in [0.25, 0.3) is 5.91 Å². The van der Waals surface area contributed by atoms with Crippen molar-refractivity contribution in [1.82, 2.24) is 15.5 Å². The van der Waals surface area contributed by atoms with Gasteiger partial charge in [-0.25, -0.2) is 8.78 Å². The van der Waals surface area contributed by atoms with Crippen LogP contribution < -0.4 is 25.0 Å². The summed E-state index contributed by atoms with van der Waals surface area (Å²) in [7, 11) is 2.60. The SMILES string of the molecule is COc1cc(OC)c(F)c(-c2ccc3c(NC(=O)c4ccc(N5C[C@@H](C)N[C@@H](C)C5)cc4)n[nH]c3c2)c1F. The Morgan fingerprint density at radius 1 is 0.974 bits per heavy atom. The van der Waals surface area contributed by atoms with Gasteiger partial charge in [-0.15, -0.1) is 0 Å². The summed E-state index contributed by atoms with van der Waals surface area (Å²) in [5.41, 5.74) is 2.03. The van der Waals surface area contributed by atoms with Gasteiger partial charge in [-0.3, -0.25) is 9.89 Å². The normalized spacial score (nSPS) is 17.5. The Hall–Kier alpha value is -4.18. The molecule has 3 N–H and O–H groups in total. The number of piperazine rings is 1. The van der Waals surface area contributed by atoms with Crippen molar-refractivity contribution < 1.29 is 23.0 Å². The topological polar surface area (TPSA) is 91.5 Å². The average Bonchev–Trinajstić information content (AvgIpc) is 3.30. The first-order valence-electron chi connectivity index (χ1n) is 12.3. The van der Waals surface area contributed by atoms with E-state index in [0.717, 1.165) is 24.8 Å². The number of benzene rings is 3. The highest BCUT2D eigenvalue weighted by molar-refractivity contribution is 6.08. The summed E-state index contributed by atoms with van der Waals surface area (Å²) >= 11 is 0. The number of hydrogen-bond donors (Lipinski definition) is 3. The second-order valence-corrected chi connectivity index (χ2v) is 9.49. The van der Waals surface area contributed by atoms with Gasteiger partial charge in [-0.2, -0.15) is 5.10 Å².